The van der Waals surface area contributed by atoms with E-state index < -0.39 is 0 Å². The quantitative estimate of drug-likeness (QED) is 0.695. The van der Waals surface area contributed by atoms with E-state index in [2.05, 4.69) is 20.6 Å². The molecule has 0 bridgehead atoms. The van der Waals surface area contributed by atoms with Gasteiger partial charge >= 0.3 is 0 Å². The number of benzene rings is 1. The third kappa shape index (κ3) is 4.24. The Kier molecular flexibility index (Phi) is 6.01. The van der Waals surface area contributed by atoms with Gasteiger partial charge in [-0.05, 0) is 57.5 Å². The zero-order valence-corrected chi connectivity index (χ0v) is 16.4. The summed E-state index contributed by atoms with van der Waals surface area (Å²) < 4.78 is 1.78. The van der Waals surface area contributed by atoms with Gasteiger partial charge in [0, 0.05) is 31.4 Å². The highest BCUT2D eigenvalue weighted by atomic mass is 16.2. The van der Waals surface area contributed by atoms with Crippen molar-refractivity contribution in [1.29, 1.82) is 0 Å². The largest absolute Gasteiger partial charge is 0.385 e. The predicted octanol–water partition coefficient (Wildman–Crippen LogP) is 1.98. The molecule has 2 heterocycles. The van der Waals surface area contributed by atoms with E-state index in [9.17, 15) is 9.59 Å². The molecule has 2 aromatic rings. The zero-order chi connectivity index (χ0) is 19.4. The van der Waals surface area contributed by atoms with Gasteiger partial charge in [-0.25, -0.2) is 0 Å². The van der Waals surface area contributed by atoms with Crippen LogP contribution < -0.4 is 16.2 Å². The molecule has 0 radical (unpaired) electrons. The average Bonchev–Trinajstić information content (AvgIpc) is 3.24. The summed E-state index contributed by atoms with van der Waals surface area (Å²) in [5, 5.41) is 9.01. The Morgan fingerprint density at radius 3 is 2.70 bits per heavy atom. The second-order valence-electron chi connectivity index (χ2n) is 7.10. The Hall–Kier alpha value is -2.54. The molecule has 3 N–H and O–H groups in total. The number of amides is 1. The van der Waals surface area contributed by atoms with Crippen molar-refractivity contribution in [2.24, 2.45) is 7.05 Å². The predicted molar refractivity (Wildman–Crippen MR) is 107 cm³/mol. The van der Waals surface area contributed by atoms with Crippen LogP contribution >= 0.6 is 0 Å². The van der Waals surface area contributed by atoms with Crippen molar-refractivity contribution < 1.29 is 4.79 Å². The van der Waals surface area contributed by atoms with E-state index >= 15 is 0 Å². The molecule has 1 aromatic carbocycles. The lowest BCUT2D eigenvalue weighted by molar-refractivity contribution is 0.0950. The number of nitrogens with zero attached hydrogens (tertiary/aromatic N) is 2. The Balaban J connectivity index is 1.74. The first-order valence-electron chi connectivity index (χ1n) is 9.62. The summed E-state index contributed by atoms with van der Waals surface area (Å²) in [5.41, 5.74) is 3.94. The minimum absolute atomic E-state index is 0.134. The number of hydrogen-bond acceptors (Lipinski definition) is 4. The molecule has 1 saturated heterocycles. The van der Waals surface area contributed by atoms with Crippen LogP contribution in [0.5, 0.6) is 0 Å². The Labute approximate surface area is 159 Å². The Morgan fingerprint density at radius 1 is 1.26 bits per heavy atom. The highest BCUT2D eigenvalue weighted by Gasteiger charge is 2.20. The monoisotopic (exact) mass is 371 g/mol. The van der Waals surface area contributed by atoms with Crippen molar-refractivity contribution in [3.8, 4) is 0 Å². The van der Waals surface area contributed by atoms with Crippen LogP contribution in [0.15, 0.2) is 23.0 Å². The van der Waals surface area contributed by atoms with Gasteiger partial charge in [-0.3, -0.25) is 24.3 Å². The molecule has 0 saturated carbocycles. The highest BCUT2D eigenvalue weighted by Crippen LogP contribution is 2.19. The van der Waals surface area contributed by atoms with Crippen molar-refractivity contribution in [2.45, 2.75) is 39.8 Å². The average molecular weight is 371 g/mol. The topological polar surface area (TPSA) is 82.2 Å². The molecule has 1 amide bonds. The molecular weight excluding hydrogens is 342 g/mol. The lowest BCUT2D eigenvalue weighted by atomic mass is 10.1. The molecule has 0 unspecified atom stereocenters. The minimum atomic E-state index is -0.164. The number of carbonyl (C=O) groups excluding carboxylic acids is 1. The molecule has 1 aromatic heterocycles. The number of hydrogen-bond donors (Lipinski definition) is 3. The van der Waals surface area contributed by atoms with Crippen molar-refractivity contribution in [1.82, 2.24) is 20.0 Å². The number of aromatic nitrogens is 2. The highest BCUT2D eigenvalue weighted by molar-refractivity contribution is 5.97. The molecule has 0 aliphatic carbocycles. The molecular formula is C20H29N5O2. The summed E-state index contributed by atoms with van der Waals surface area (Å²) in [5.74, 6) is -0.164. The lowest BCUT2D eigenvalue weighted by Gasteiger charge is -2.16. The molecule has 7 heteroatoms. The van der Waals surface area contributed by atoms with E-state index in [1.807, 2.05) is 39.1 Å². The molecule has 0 spiro atoms. The molecule has 146 valence electrons. The van der Waals surface area contributed by atoms with Crippen molar-refractivity contribution >= 4 is 11.6 Å². The first-order chi connectivity index (χ1) is 13.0. The minimum Gasteiger partial charge on any atom is -0.385 e. The van der Waals surface area contributed by atoms with Gasteiger partial charge in [0.05, 0.1) is 17.8 Å². The van der Waals surface area contributed by atoms with Crippen LogP contribution in [0.1, 0.15) is 46.9 Å². The van der Waals surface area contributed by atoms with Crippen LogP contribution in [0.2, 0.25) is 0 Å². The summed E-state index contributed by atoms with van der Waals surface area (Å²) in [7, 11) is 1.85. The fraction of sp³-hybridized carbons (Fsp3) is 0.500. The summed E-state index contributed by atoms with van der Waals surface area (Å²) in [6.07, 6.45) is 2.40. The number of likely N-dealkylation sites (tertiary alicyclic amines) is 1. The van der Waals surface area contributed by atoms with E-state index in [1.165, 1.54) is 12.8 Å². The molecule has 0 atom stereocenters. The van der Waals surface area contributed by atoms with Crippen LogP contribution in [-0.4, -0.2) is 40.2 Å². The van der Waals surface area contributed by atoms with Crippen LogP contribution in [0, 0.1) is 6.92 Å². The van der Waals surface area contributed by atoms with Crippen molar-refractivity contribution in [3.63, 3.8) is 0 Å². The van der Waals surface area contributed by atoms with Crippen LogP contribution in [0.3, 0.4) is 0 Å². The maximum Gasteiger partial charge on any atom is 0.269 e. The van der Waals surface area contributed by atoms with Crippen LogP contribution in [0.4, 0.5) is 5.69 Å². The van der Waals surface area contributed by atoms with E-state index in [-0.39, 0.29) is 18.0 Å². The molecule has 1 fully saturated rings. The number of nitrogens with one attached hydrogen (secondary N) is 3. The van der Waals surface area contributed by atoms with Gasteiger partial charge in [-0.2, -0.15) is 0 Å². The fourth-order valence-corrected chi connectivity index (χ4v) is 3.68. The standard InChI is InChI=1S/C20H29N5O2/c1-4-21-17-9-7-8-15(14(17)2)19(26)22-12-16-18(24(3)23-20(16)27)13-25-10-5-6-11-25/h7-9,21H,4-6,10-13H2,1-3H3,(H,22,26)(H,23,27). The van der Waals surface area contributed by atoms with Gasteiger partial charge in [-0.15, -0.1) is 0 Å². The van der Waals surface area contributed by atoms with E-state index in [0.29, 0.717) is 11.1 Å². The molecule has 27 heavy (non-hydrogen) atoms. The van der Waals surface area contributed by atoms with E-state index in [1.54, 1.807) is 4.68 Å². The molecule has 1 aliphatic heterocycles. The van der Waals surface area contributed by atoms with Gasteiger partial charge < -0.3 is 10.6 Å². The smallest absolute Gasteiger partial charge is 0.269 e. The van der Waals surface area contributed by atoms with Crippen molar-refractivity contribution in [3.05, 3.63) is 50.9 Å². The number of aromatic amines is 1. The third-order valence-corrected chi connectivity index (χ3v) is 5.24. The van der Waals surface area contributed by atoms with Gasteiger partial charge in [0.1, 0.15) is 0 Å². The maximum atomic E-state index is 12.7. The number of anilines is 1. The molecule has 3 rings (SSSR count). The van der Waals surface area contributed by atoms with Gasteiger partial charge in [0.25, 0.3) is 11.5 Å². The summed E-state index contributed by atoms with van der Waals surface area (Å²) >= 11 is 0. The Morgan fingerprint density at radius 2 is 2.00 bits per heavy atom. The fourth-order valence-electron chi connectivity index (χ4n) is 3.68. The first-order valence-corrected chi connectivity index (χ1v) is 9.62. The Bertz CT molecular complexity index is 862. The summed E-state index contributed by atoms with van der Waals surface area (Å²) in [4.78, 5) is 27.4. The number of carbonyl (C=O) groups is 1. The molecule has 7 nitrogen and oxygen atoms in total. The third-order valence-electron chi connectivity index (χ3n) is 5.24. The maximum absolute atomic E-state index is 12.7. The first kappa shape index (κ1) is 19.2. The summed E-state index contributed by atoms with van der Waals surface area (Å²) in [6, 6.07) is 5.64. The van der Waals surface area contributed by atoms with Gasteiger partial charge in [0.2, 0.25) is 0 Å². The second-order valence-corrected chi connectivity index (χ2v) is 7.10. The van der Waals surface area contributed by atoms with E-state index in [4.69, 9.17) is 0 Å². The number of rotatable bonds is 7. The summed E-state index contributed by atoms with van der Waals surface area (Å²) in [6.45, 7) is 7.82. The lowest BCUT2D eigenvalue weighted by Crippen LogP contribution is -2.28. The molecule has 1 aliphatic rings. The number of H-pyrrole nitrogens is 1. The SMILES string of the molecule is CCNc1cccc(C(=O)NCc2c(CN3CCCC3)n(C)[nH]c2=O)c1C. The van der Waals surface area contributed by atoms with Gasteiger partial charge in [-0.1, -0.05) is 6.07 Å². The normalized spacial score (nSPS) is 14.5. The number of aryl methyl sites for hydroxylation is 1. The van der Waals surface area contributed by atoms with Gasteiger partial charge in [0.15, 0.2) is 0 Å². The van der Waals surface area contributed by atoms with Crippen LogP contribution in [0.25, 0.3) is 0 Å². The van der Waals surface area contributed by atoms with Crippen LogP contribution in [-0.2, 0) is 20.1 Å². The van der Waals surface area contributed by atoms with E-state index in [0.717, 1.165) is 43.1 Å². The second kappa shape index (κ2) is 8.43. The zero-order valence-electron chi connectivity index (χ0n) is 16.4. The van der Waals surface area contributed by atoms with Crippen molar-refractivity contribution in [2.75, 3.05) is 25.0 Å².